The third-order valence-corrected chi connectivity index (χ3v) is 8.51. The van der Waals surface area contributed by atoms with Crippen molar-refractivity contribution in [3.8, 4) is 17.2 Å². The molecule has 9 heteroatoms. The molecule has 0 aliphatic heterocycles. The van der Waals surface area contributed by atoms with E-state index in [0.717, 1.165) is 21.6 Å². The minimum absolute atomic E-state index is 0.186. The van der Waals surface area contributed by atoms with Crippen molar-refractivity contribution in [1.29, 1.82) is 5.26 Å². The van der Waals surface area contributed by atoms with Crippen LogP contribution in [0, 0.1) is 18.3 Å². The fraction of sp³-hybridized carbons (Fsp3) is 0.138. The van der Waals surface area contributed by atoms with E-state index in [4.69, 9.17) is 23.2 Å². The Kier molecular flexibility index (Phi) is 9.13. The van der Waals surface area contributed by atoms with Gasteiger partial charge in [0.05, 0.1) is 21.4 Å². The summed E-state index contributed by atoms with van der Waals surface area (Å²) < 4.78 is 0. The molecule has 0 bridgehead atoms. The van der Waals surface area contributed by atoms with E-state index in [1.54, 1.807) is 18.2 Å². The van der Waals surface area contributed by atoms with Gasteiger partial charge in [0.1, 0.15) is 11.1 Å². The molecule has 0 saturated heterocycles. The van der Waals surface area contributed by atoms with E-state index >= 15 is 0 Å². The van der Waals surface area contributed by atoms with E-state index in [-0.39, 0.29) is 16.8 Å². The molecule has 1 aromatic heterocycles. The lowest BCUT2D eigenvalue weighted by molar-refractivity contribution is -0.115. The van der Waals surface area contributed by atoms with Gasteiger partial charge in [-0.1, -0.05) is 66.0 Å². The molecule has 4 aromatic rings. The van der Waals surface area contributed by atoms with Crippen molar-refractivity contribution in [3.63, 3.8) is 0 Å². The summed E-state index contributed by atoms with van der Waals surface area (Å²) in [5.74, 6) is -0.543. The molecule has 5 nitrogen and oxygen atoms in total. The van der Waals surface area contributed by atoms with Crippen LogP contribution in [0.5, 0.6) is 0 Å². The molecule has 1 unspecified atom stereocenters. The highest BCUT2D eigenvalue weighted by atomic mass is 35.5. The molecule has 1 heterocycles. The van der Waals surface area contributed by atoms with Crippen molar-refractivity contribution in [3.05, 3.63) is 98.8 Å². The van der Waals surface area contributed by atoms with E-state index in [0.29, 0.717) is 33.3 Å². The molecule has 2 amide bonds. The van der Waals surface area contributed by atoms with Crippen LogP contribution in [-0.4, -0.2) is 17.1 Å². The van der Waals surface area contributed by atoms with Crippen LogP contribution in [0.25, 0.3) is 11.1 Å². The fourth-order valence-electron chi connectivity index (χ4n) is 3.70. The Labute approximate surface area is 239 Å². The number of benzene rings is 3. The average Bonchev–Trinajstić information content (AvgIpc) is 3.30. The SMILES string of the molecule is CCC(Sc1cccc(NC(=O)c2ccc(Cl)cc2Cl)c1)C(=O)Nc1scc(-c2ccc(C)cc2)c1C#N. The number of aryl methyl sites for hydroxylation is 1. The van der Waals surface area contributed by atoms with E-state index in [1.807, 2.05) is 61.7 Å². The standard InChI is InChI=1S/C29H23Cl2N3O2S2/c1-3-26(28(36)34-29-23(15-32)24(16-37-29)18-9-7-17(2)8-10-18)38-21-6-4-5-20(14-21)33-27(35)22-12-11-19(30)13-25(22)31/h4-14,16,26H,3H2,1-2H3,(H,33,35)(H,34,36). The Bertz CT molecular complexity index is 1530. The number of nitrogens with one attached hydrogen (secondary N) is 2. The second-order valence-electron chi connectivity index (χ2n) is 8.44. The molecule has 4 rings (SSSR count). The second kappa shape index (κ2) is 12.5. The van der Waals surface area contributed by atoms with Crippen LogP contribution in [0.1, 0.15) is 34.8 Å². The molecule has 3 aromatic carbocycles. The molecule has 0 radical (unpaired) electrons. The lowest BCUT2D eigenvalue weighted by Gasteiger charge is -2.15. The molecule has 0 saturated carbocycles. The quantitative estimate of drug-likeness (QED) is 0.204. The maximum Gasteiger partial charge on any atom is 0.257 e. The number of halogens is 2. The van der Waals surface area contributed by atoms with Crippen LogP contribution in [0.4, 0.5) is 10.7 Å². The van der Waals surface area contributed by atoms with Gasteiger partial charge >= 0.3 is 0 Å². The number of carbonyl (C=O) groups is 2. The summed E-state index contributed by atoms with van der Waals surface area (Å²) in [6.07, 6.45) is 0.575. The van der Waals surface area contributed by atoms with Gasteiger partial charge in [-0.15, -0.1) is 23.1 Å². The second-order valence-corrected chi connectivity index (χ2v) is 11.4. The number of nitrogens with zero attached hydrogens (tertiary/aromatic N) is 1. The van der Waals surface area contributed by atoms with Gasteiger partial charge in [0, 0.05) is 26.5 Å². The van der Waals surface area contributed by atoms with E-state index in [1.165, 1.54) is 29.2 Å². The molecule has 0 aliphatic carbocycles. The molecular weight excluding hydrogens is 557 g/mol. The first-order chi connectivity index (χ1) is 18.3. The number of hydrogen-bond acceptors (Lipinski definition) is 5. The van der Waals surface area contributed by atoms with Crippen LogP contribution < -0.4 is 10.6 Å². The van der Waals surface area contributed by atoms with E-state index < -0.39 is 5.25 Å². The first kappa shape index (κ1) is 27.7. The maximum atomic E-state index is 13.2. The van der Waals surface area contributed by atoms with Crippen LogP contribution in [0.2, 0.25) is 10.0 Å². The van der Waals surface area contributed by atoms with Crippen molar-refractivity contribution in [2.24, 2.45) is 0 Å². The molecule has 2 N–H and O–H groups in total. The lowest BCUT2D eigenvalue weighted by Crippen LogP contribution is -2.24. The summed E-state index contributed by atoms with van der Waals surface area (Å²) in [5, 5.41) is 18.4. The van der Waals surface area contributed by atoms with Crippen molar-refractivity contribution in [2.45, 2.75) is 30.4 Å². The number of nitriles is 1. The first-order valence-electron chi connectivity index (χ1n) is 11.7. The lowest BCUT2D eigenvalue weighted by atomic mass is 10.0. The summed E-state index contributed by atoms with van der Waals surface area (Å²) >= 11 is 14.8. The Morgan fingerprint density at radius 2 is 1.82 bits per heavy atom. The molecule has 1 atom stereocenters. The van der Waals surface area contributed by atoms with Gasteiger partial charge in [-0.05, 0) is 55.3 Å². The van der Waals surface area contributed by atoms with Gasteiger partial charge < -0.3 is 10.6 Å². The normalized spacial score (nSPS) is 11.4. The van der Waals surface area contributed by atoms with Gasteiger partial charge in [0.15, 0.2) is 0 Å². The minimum atomic E-state index is -0.400. The summed E-state index contributed by atoms with van der Waals surface area (Å²) in [6, 6.07) is 22.2. The fourth-order valence-corrected chi connectivity index (χ4v) is 6.13. The molecule has 0 aliphatic rings. The number of thioether (sulfide) groups is 1. The van der Waals surface area contributed by atoms with Gasteiger partial charge in [-0.2, -0.15) is 5.26 Å². The number of carbonyl (C=O) groups excluding carboxylic acids is 2. The van der Waals surface area contributed by atoms with Crippen LogP contribution in [0.3, 0.4) is 0 Å². The zero-order valence-electron chi connectivity index (χ0n) is 20.5. The number of hydrogen-bond donors (Lipinski definition) is 2. The highest BCUT2D eigenvalue weighted by Gasteiger charge is 2.22. The predicted molar refractivity (Wildman–Crippen MR) is 159 cm³/mol. The van der Waals surface area contributed by atoms with E-state index in [9.17, 15) is 14.9 Å². The number of rotatable bonds is 8. The molecule has 0 fully saturated rings. The number of anilines is 2. The third-order valence-electron chi connectivity index (χ3n) is 5.71. The Morgan fingerprint density at radius 3 is 2.50 bits per heavy atom. The van der Waals surface area contributed by atoms with Gasteiger partial charge in [-0.3, -0.25) is 9.59 Å². The highest BCUT2D eigenvalue weighted by molar-refractivity contribution is 8.00. The average molecular weight is 581 g/mol. The largest absolute Gasteiger partial charge is 0.322 e. The Morgan fingerprint density at radius 1 is 1.05 bits per heavy atom. The third kappa shape index (κ3) is 6.58. The zero-order chi connectivity index (χ0) is 27.2. The summed E-state index contributed by atoms with van der Waals surface area (Å²) in [6.45, 7) is 3.94. The van der Waals surface area contributed by atoms with Gasteiger partial charge in [0.25, 0.3) is 5.91 Å². The van der Waals surface area contributed by atoms with E-state index in [2.05, 4.69) is 16.7 Å². The summed E-state index contributed by atoms with van der Waals surface area (Å²) in [4.78, 5) is 26.7. The molecule has 38 heavy (non-hydrogen) atoms. The predicted octanol–water partition coefficient (Wildman–Crippen LogP) is 8.66. The topological polar surface area (TPSA) is 82.0 Å². The van der Waals surface area contributed by atoms with Crippen LogP contribution in [0.15, 0.2) is 77.0 Å². The van der Waals surface area contributed by atoms with Crippen LogP contribution in [-0.2, 0) is 4.79 Å². The first-order valence-corrected chi connectivity index (χ1v) is 14.2. The zero-order valence-corrected chi connectivity index (χ0v) is 23.7. The maximum absolute atomic E-state index is 13.2. The molecular formula is C29H23Cl2N3O2S2. The molecule has 0 spiro atoms. The smallest absolute Gasteiger partial charge is 0.257 e. The molecule has 192 valence electrons. The van der Waals surface area contributed by atoms with Gasteiger partial charge in [-0.25, -0.2) is 0 Å². The number of thiophene rings is 1. The Balaban J connectivity index is 1.46. The van der Waals surface area contributed by atoms with Crippen molar-refractivity contribution >= 4 is 68.8 Å². The number of amides is 2. The monoisotopic (exact) mass is 579 g/mol. The minimum Gasteiger partial charge on any atom is -0.322 e. The van der Waals surface area contributed by atoms with Crippen molar-refractivity contribution < 1.29 is 9.59 Å². The van der Waals surface area contributed by atoms with Gasteiger partial charge in [0.2, 0.25) is 5.91 Å². The van der Waals surface area contributed by atoms with Crippen molar-refractivity contribution in [1.82, 2.24) is 0 Å². The van der Waals surface area contributed by atoms with Crippen LogP contribution >= 0.6 is 46.3 Å². The Hall–Kier alpha value is -3.28. The highest BCUT2D eigenvalue weighted by Crippen LogP contribution is 2.36. The summed E-state index contributed by atoms with van der Waals surface area (Å²) in [7, 11) is 0. The summed E-state index contributed by atoms with van der Waals surface area (Å²) in [5.41, 5.74) is 4.22. The van der Waals surface area contributed by atoms with Crippen molar-refractivity contribution in [2.75, 3.05) is 10.6 Å².